The average molecular weight is 607 g/mol. The van der Waals surface area contributed by atoms with E-state index in [0.29, 0.717) is 54.1 Å². The number of anilines is 2. The predicted molar refractivity (Wildman–Crippen MR) is 157 cm³/mol. The van der Waals surface area contributed by atoms with Gasteiger partial charge in [-0.3, -0.25) is 4.90 Å². The first kappa shape index (κ1) is 27.2. The van der Waals surface area contributed by atoms with Crippen LogP contribution in [0.25, 0.3) is 11.6 Å². The van der Waals surface area contributed by atoms with Crippen molar-refractivity contribution in [2.45, 2.75) is 87.5 Å². The number of thiophene rings is 1. The number of hydrogen-bond acceptors (Lipinski definition) is 13. The lowest BCUT2D eigenvalue weighted by Gasteiger charge is -2.33. The number of hydrogen-bond donors (Lipinski definition) is 2. The highest BCUT2D eigenvalue weighted by atomic mass is 32.1. The van der Waals surface area contributed by atoms with Crippen molar-refractivity contribution in [2.75, 3.05) is 43.4 Å². The van der Waals surface area contributed by atoms with Gasteiger partial charge in [0.05, 0.1) is 16.5 Å². The van der Waals surface area contributed by atoms with Crippen LogP contribution in [0.2, 0.25) is 0 Å². The molecule has 5 atom stereocenters. The summed E-state index contributed by atoms with van der Waals surface area (Å²) >= 11 is 1.47. The Balaban J connectivity index is 1.14. The molecule has 0 radical (unpaired) electrons. The van der Waals surface area contributed by atoms with Crippen LogP contribution in [0.3, 0.4) is 0 Å². The number of aryl methyl sites for hydroxylation is 1. The first-order valence-corrected chi connectivity index (χ1v) is 16.1. The molecule has 4 saturated heterocycles. The fraction of sp³-hybridized carbons (Fsp3) is 0.655. The molecule has 0 amide bonds. The molecule has 5 aliphatic rings. The first-order valence-electron chi connectivity index (χ1n) is 15.3. The van der Waals surface area contributed by atoms with Crippen LogP contribution in [0.4, 0.5) is 15.3 Å². The van der Waals surface area contributed by atoms with Crippen LogP contribution >= 0.6 is 11.3 Å². The highest BCUT2D eigenvalue weighted by molar-refractivity contribution is 7.16. The molecular weight excluding hydrogens is 571 g/mol. The van der Waals surface area contributed by atoms with Crippen molar-refractivity contribution in [3.63, 3.8) is 0 Å². The zero-order valence-electron chi connectivity index (χ0n) is 24.2. The van der Waals surface area contributed by atoms with Gasteiger partial charge in [-0.05, 0) is 58.4 Å². The molecule has 3 aromatic heterocycles. The SMILES string of the molecule is C[C@]1(c2nc(-c3nc(OC[C@@]45CCCN4C[C@H](F)C5)nc(N4C[C@H]5CC[C@@H](C4)N5)n3)no2)CCCc2sc(N)c(C#N)c21. The lowest BCUT2D eigenvalue weighted by atomic mass is 9.72. The van der Waals surface area contributed by atoms with Crippen LogP contribution in [0.1, 0.15) is 73.8 Å². The fourth-order valence-electron chi connectivity index (χ4n) is 8.11. The van der Waals surface area contributed by atoms with E-state index in [1.54, 1.807) is 0 Å². The number of nitrogens with two attached hydrogens (primary N) is 1. The first-order chi connectivity index (χ1) is 20.8. The number of ether oxygens (including phenoxy) is 1. The van der Waals surface area contributed by atoms with Gasteiger partial charge in [-0.25, -0.2) is 4.39 Å². The van der Waals surface area contributed by atoms with Crippen LogP contribution in [-0.2, 0) is 11.8 Å². The second-order valence-electron chi connectivity index (χ2n) is 13.0. The molecule has 4 aliphatic heterocycles. The third-order valence-electron chi connectivity index (χ3n) is 10.2. The van der Waals surface area contributed by atoms with Crippen LogP contribution in [-0.4, -0.2) is 86.6 Å². The standard InChI is InChI=1S/C29H35FN10O2S/c1-28(7-2-4-20-21(28)19(11-31)22(32)43-20)25-34-24(38-42-25)23-35-26(39-13-17-5-6-18(14-39)33-17)37-27(36-23)41-15-29-8-3-9-40(29)12-16(30)10-29/h16-18,33H,2-10,12-15,32H2,1H3/t16-,17-,18+,28+,29+/m1/s1. The molecule has 3 aromatic rings. The monoisotopic (exact) mass is 606 g/mol. The molecule has 0 spiro atoms. The normalized spacial score (nSPS) is 31.7. The summed E-state index contributed by atoms with van der Waals surface area (Å²) in [5.74, 6) is 1.43. The zero-order valence-corrected chi connectivity index (χ0v) is 25.0. The minimum atomic E-state index is -0.843. The van der Waals surface area contributed by atoms with Gasteiger partial charge < -0.3 is 25.2 Å². The van der Waals surface area contributed by atoms with Gasteiger partial charge in [0.15, 0.2) is 0 Å². The highest BCUT2D eigenvalue weighted by Gasteiger charge is 2.49. The molecule has 14 heteroatoms. The Bertz CT molecular complexity index is 1590. The van der Waals surface area contributed by atoms with Crippen molar-refractivity contribution in [2.24, 2.45) is 0 Å². The van der Waals surface area contributed by atoms with E-state index >= 15 is 0 Å². The van der Waals surface area contributed by atoms with E-state index in [1.807, 2.05) is 6.92 Å². The lowest BCUT2D eigenvalue weighted by Crippen LogP contribution is -2.51. The third-order valence-corrected chi connectivity index (χ3v) is 11.3. The minimum Gasteiger partial charge on any atom is -0.461 e. The van der Waals surface area contributed by atoms with E-state index in [0.717, 1.165) is 75.0 Å². The summed E-state index contributed by atoms with van der Waals surface area (Å²) in [5, 5.41) is 18.4. The van der Waals surface area contributed by atoms with E-state index in [2.05, 4.69) is 31.3 Å². The molecule has 3 N–H and O–H groups in total. The van der Waals surface area contributed by atoms with E-state index in [4.69, 9.17) is 29.9 Å². The van der Waals surface area contributed by atoms with Crippen molar-refractivity contribution >= 4 is 22.3 Å². The number of nitrogen functional groups attached to an aromatic ring is 1. The van der Waals surface area contributed by atoms with E-state index in [-0.39, 0.29) is 23.2 Å². The van der Waals surface area contributed by atoms with Crippen LogP contribution in [0.15, 0.2) is 4.52 Å². The van der Waals surface area contributed by atoms with Gasteiger partial charge in [-0.15, -0.1) is 11.3 Å². The molecule has 4 fully saturated rings. The lowest BCUT2D eigenvalue weighted by molar-refractivity contribution is 0.107. The van der Waals surface area contributed by atoms with Gasteiger partial charge in [-0.2, -0.15) is 25.2 Å². The van der Waals surface area contributed by atoms with Gasteiger partial charge in [0.25, 0.3) is 0 Å². The van der Waals surface area contributed by atoms with Gasteiger partial charge in [-0.1, -0.05) is 5.16 Å². The number of nitriles is 1. The van der Waals surface area contributed by atoms with Crippen molar-refractivity contribution < 1.29 is 13.7 Å². The number of fused-ring (bicyclic) bond motifs is 4. The molecule has 43 heavy (non-hydrogen) atoms. The summed E-state index contributed by atoms with van der Waals surface area (Å²) in [6, 6.07) is 3.25. The van der Waals surface area contributed by atoms with Crippen molar-refractivity contribution in [3.8, 4) is 23.7 Å². The molecule has 0 unspecified atom stereocenters. The Morgan fingerprint density at radius 1 is 1.14 bits per heavy atom. The maximum absolute atomic E-state index is 14.4. The van der Waals surface area contributed by atoms with Gasteiger partial charge in [0.1, 0.15) is 23.8 Å². The fourth-order valence-corrected chi connectivity index (χ4v) is 9.30. The Morgan fingerprint density at radius 2 is 1.98 bits per heavy atom. The van der Waals surface area contributed by atoms with Crippen LogP contribution in [0, 0.1) is 11.3 Å². The van der Waals surface area contributed by atoms with Gasteiger partial charge >= 0.3 is 6.01 Å². The minimum absolute atomic E-state index is 0.185. The number of halogens is 1. The van der Waals surface area contributed by atoms with E-state index in [9.17, 15) is 9.65 Å². The van der Waals surface area contributed by atoms with Crippen molar-refractivity contribution in [1.82, 2.24) is 35.3 Å². The van der Waals surface area contributed by atoms with Crippen LogP contribution in [0.5, 0.6) is 6.01 Å². The summed E-state index contributed by atoms with van der Waals surface area (Å²) in [6.07, 6.45) is 6.33. The smallest absolute Gasteiger partial charge is 0.321 e. The summed E-state index contributed by atoms with van der Waals surface area (Å²) in [6.45, 7) is 5.26. The zero-order chi connectivity index (χ0) is 29.3. The molecule has 12 nitrogen and oxygen atoms in total. The molecule has 0 saturated carbocycles. The summed E-state index contributed by atoms with van der Waals surface area (Å²) in [5.41, 5.74) is 6.63. The van der Waals surface area contributed by atoms with E-state index < -0.39 is 11.6 Å². The quantitative estimate of drug-likeness (QED) is 0.424. The summed E-state index contributed by atoms with van der Waals surface area (Å²) in [4.78, 5) is 24.5. The second kappa shape index (κ2) is 10.1. The number of rotatable bonds is 6. The number of piperazine rings is 1. The van der Waals surface area contributed by atoms with Crippen LogP contribution < -0.4 is 20.7 Å². The summed E-state index contributed by atoms with van der Waals surface area (Å²) in [7, 11) is 0. The highest BCUT2D eigenvalue weighted by Crippen LogP contribution is 2.48. The number of alkyl halides is 1. The third kappa shape index (κ3) is 4.46. The largest absolute Gasteiger partial charge is 0.461 e. The van der Waals surface area contributed by atoms with Crippen molar-refractivity contribution in [3.05, 3.63) is 21.9 Å². The molecule has 8 rings (SSSR count). The number of nitrogens with one attached hydrogen (secondary N) is 1. The van der Waals surface area contributed by atoms with Gasteiger partial charge in [0, 0.05) is 48.6 Å². The second-order valence-corrected chi connectivity index (χ2v) is 14.1. The maximum Gasteiger partial charge on any atom is 0.321 e. The Morgan fingerprint density at radius 3 is 2.79 bits per heavy atom. The maximum atomic E-state index is 14.4. The van der Waals surface area contributed by atoms with Crippen molar-refractivity contribution in [1.29, 1.82) is 5.26 Å². The van der Waals surface area contributed by atoms with E-state index in [1.165, 1.54) is 11.3 Å². The Hall–Kier alpha value is -3.41. The topological polar surface area (TPSA) is 155 Å². The summed E-state index contributed by atoms with van der Waals surface area (Å²) < 4.78 is 26.6. The average Bonchev–Trinajstić information content (AvgIpc) is 3.81. The molecule has 1 aliphatic carbocycles. The molecule has 7 heterocycles. The Kier molecular flexibility index (Phi) is 6.36. The molecular formula is C29H35FN10O2S. The van der Waals surface area contributed by atoms with Gasteiger partial charge in [0.2, 0.25) is 23.5 Å². The molecule has 2 bridgehead atoms. The Labute approximate surface area is 252 Å². The number of aromatic nitrogens is 5. The predicted octanol–water partition coefficient (Wildman–Crippen LogP) is 2.98. The molecule has 226 valence electrons. The molecule has 0 aromatic carbocycles. The number of nitrogens with zero attached hydrogens (tertiary/aromatic N) is 8.